The van der Waals surface area contributed by atoms with Gasteiger partial charge < -0.3 is 4.74 Å². The Morgan fingerprint density at radius 3 is 3.00 bits per heavy atom. The van der Waals surface area contributed by atoms with Gasteiger partial charge in [0.15, 0.2) is 0 Å². The second kappa shape index (κ2) is 6.48. The number of azide groups is 1. The molecule has 1 aromatic carbocycles. The highest BCUT2D eigenvalue weighted by atomic mass is 19.1. The molecule has 1 aromatic rings. The van der Waals surface area contributed by atoms with Gasteiger partial charge in [0.05, 0.1) is 7.11 Å². The predicted molar refractivity (Wildman–Crippen MR) is 60.6 cm³/mol. The number of nitrogens with zero attached hydrogens (tertiary/aromatic N) is 3. The van der Waals surface area contributed by atoms with Crippen molar-refractivity contribution in [2.75, 3.05) is 13.7 Å². The van der Waals surface area contributed by atoms with E-state index in [1.807, 2.05) is 0 Å². The summed E-state index contributed by atoms with van der Waals surface area (Å²) in [4.78, 5) is 2.62. The molecule has 0 aliphatic carbocycles. The molecule has 0 heterocycles. The summed E-state index contributed by atoms with van der Waals surface area (Å²) in [6.45, 7) is 0.380. The Morgan fingerprint density at radius 2 is 2.38 bits per heavy atom. The molecule has 16 heavy (non-hydrogen) atoms. The van der Waals surface area contributed by atoms with E-state index in [-0.39, 0.29) is 5.82 Å². The lowest BCUT2D eigenvalue weighted by Crippen LogP contribution is -1.86. The van der Waals surface area contributed by atoms with E-state index >= 15 is 0 Å². The molecule has 0 unspecified atom stereocenters. The highest BCUT2D eigenvalue weighted by molar-refractivity contribution is 5.51. The van der Waals surface area contributed by atoms with Crippen molar-refractivity contribution in [2.45, 2.75) is 6.42 Å². The third-order valence-electron chi connectivity index (χ3n) is 1.96. The van der Waals surface area contributed by atoms with Crippen LogP contribution in [0, 0.1) is 5.82 Å². The van der Waals surface area contributed by atoms with Crippen LogP contribution in [0.25, 0.3) is 16.5 Å². The van der Waals surface area contributed by atoms with Crippen LogP contribution in [0.15, 0.2) is 29.4 Å². The monoisotopic (exact) mass is 221 g/mol. The maximum atomic E-state index is 13.4. The SMILES string of the molecule is COc1ccc(C=CCCN=[N+]=[N-])c(F)c1. The fourth-order valence-electron chi connectivity index (χ4n) is 1.16. The van der Waals surface area contributed by atoms with Gasteiger partial charge in [0.25, 0.3) is 0 Å². The van der Waals surface area contributed by atoms with Crippen LogP contribution in [0.5, 0.6) is 5.75 Å². The number of halogens is 1. The van der Waals surface area contributed by atoms with Gasteiger partial charge in [0.1, 0.15) is 11.6 Å². The average molecular weight is 221 g/mol. The number of hydrogen-bond donors (Lipinski definition) is 0. The fraction of sp³-hybridized carbons (Fsp3) is 0.273. The maximum Gasteiger partial charge on any atom is 0.134 e. The molecule has 1 rings (SSSR count). The van der Waals surface area contributed by atoms with Crippen LogP contribution < -0.4 is 4.74 Å². The van der Waals surface area contributed by atoms with Gasteiger partial charge in [-0.15, -0.1) is 0 Å². The Hall–Kier alpha value is -2.00. The zero-order valence-corrected chi connectivity index (χ0v) is 8.93. The minimum absolute atomic E-state index is 0.334. The standard InChI is InChI=1S/C11H12FN3O/c1-16-10-6-5-9(11(12)8-10)4-2-3-7-14-15-13/h2,4-6,8H,3,7H2,1H3. The van der Waals surface area contributed by atoms with Crippen LogP contribution in [-0.4, -0.2) is 13.7 Å². The van der Waals surface area contributed by atoms with Crippen molar-refractivity contribution in [2.24, 2.45) is 5.11 Å². The highest BCUT2D eigenvalue weighted by Crippen LogP contribution is 2.17. The van der Waals surface area contributed by atoms with Gasteiger partial charge in [-0.05, 0) is 24.1 Å². The molecule has 0 fully saturated rings. The first-order chi connectivity index (χ1) is 7.77. The van der Waals surface area contributed by atoms with E-state index in [1.165, 1.54) is 13.2 Å². The third-order valence-corrected chi connectivity index (χ3v) is 1.96. The first kappa shape index (κ1) is 12.1. The van der Waals surface area contributed by atoms with Gasteiger partial charge in [-0.25, -0.2) is 4.39 Å². The van der Waals surface area contributed by atoms with Gasteiger partial charge in [-0.2, -0.15) is 0 Å². The Kier molecular flexibility index (Phi) is 4.89. The van der Waals surface area contributed by atoms with Crippen LogP contribution in [0.3, 0.4) is 0 Å². The van der Waals surface area contributed by atoms with Crippen LogP contribution in [0.4, 0.5) is 4.39 Å². The normalized spacial score (nSPS) is 10.1. The van der Waals surface area contributed by atoms with E-state index in [9.17, 15) is 4.39 Å². The molecule has 0 radical (unpaired) electrons. The van der Waals surface area contributed by atoms with Crippen LogP contribution in [0.2, 0.25) is 0 Å². The molecule has 5 heteroatoms. The van der Waals surface area contributed by atoms with Gasteiger partial charge in [0, 0.05) is 23.1 Å². The van der Waals surface area contributed by atoms with Gasteiger partial charge in [-0.3, -0.25) is 0 Å². The first-order valence-electron chi connectivity index (χ1n) is 4.79. The average Bonchev–Trinajstić information content (AvgIpc) is 2.30. The molecule has 4 nitrogen and oxygen atoms in total. The Bertz CT molecular complexity index is 425. The van der Waals surface area contributed by atoms with Crippen molar-refractivity contribution >= 4 is 6.08 Å². The molecule has 0 N–H and O–H groups in total. The topological polar surface area (TPSA) is 58.0 Å². The highest BCUT2D eigenvalue weighted by Gasteiger charge is 1.99. The first-order valence-corrected chi connectivity index (χ1v) is 4.79. The second-order valence-corrected chi connectivity index (χ2v) is 3.03. The van der Waals surface area contributed by atoms with Gasteiger partial charge in [-0.1, -0.05) is 17.3 Å². The lowest BCUT2D eigenvalue weighted by molar-refractivity contribution is 0.411. The third kappa shape index (κ3) is 3.63. The number of hydrogen-bond acceptors (Lipinski definition) is 2. The summed E-state index contributed by atoms with van der Waals surface area (Å²) in [6.07, 6.45) is 4.01. The van der Waals surface area contributed by atoms with Crippen LogP contribution >= 0.6 is 0 Å². The molecule has 0 aromatic heterocycles. The number of ether oxygens (including phenoxy) is 1. The zero-order chi connectivity index (χ0) is 11.8. The summed E-state index contributed by atoms with van der Waals surface area (Å²) < 4.78 is 18.3. The Balaban J connectivity index is 2.63. The summed E-state index contributed by atoms with van der Waals surface area (Å²) in [6, 6.07) is 4.65. The number of benzene rings is 1. The minimum atomic E-state index is -0.334. The molecule has 0 bridgehead atoms. The summed E-state index contributed by atoms with van der Waals surface area (Å²) in [5.41, 5.74) is 8.53. The maximum absolute atomic E-state index is 13.4. The van der Waals surface area contributed by atoms with Crippen molar-refractivity contribution in [3.63, 3.8) is 0 Å². The van der Waals surface area contributed by atoms with E-state index in [0.29, 0.717) is 24.3 Å². The van der Waals surface area contributed by atoms with Crippen molar-refractivity contribution in [3.05, 3.63) is 46.1 Å². The number of rotatable bonds is 5. The molecule has 0 amide bonds. The number of methoxy groups -OCH3 is 1. The molecule has 0 saturated heterocycles. The molecule has 0 atom stereocenters. The molecular weight excluding hydrogens is 209 g/mol. The lowest BCUT2D eigenvalue weighted by atomic mass is 10.2. The van der Waals surface area contributed by atoms with Crippen LogP contribution in [-0.2, 0) is 0 Å². The summed E-state index contributed by atoms with van der Waals surface area (Å²) in [7, 11) is 1.49. The van der Waals surface area contributed by atoms with E-state index in [1.54, 1.807) is 24.3 Å². The molecular formula is C11H12FN3O. The minimum Gasteiger partial charge on any atom is -0.497 e. The molecule has 0 aliphatic rings. The van der Waals surface area contributed by atoms with Gasteiger partial charge >= 0.3 is 0 Å². The fourth-order valence-corrected chi connectivity index (χ4v) is 1.16. The summed E-state index contributed by atoms with van der Waals surface area (Å²) >= 11 is 0. The van der Waals surface area contributed by atoms with Crippen molar-refractivity contribution in [1.29, 1.82) is 0 Å². The molecule has 84 valence electrons. The Labute approximate surface area is 93.0 Å². The van der Waals surface area contributed by atoms with Crippen molar-refractivity contribution in [1.82, 2.24) is 0 Å². The summed E-state index contributed by atoms with van der Waals surface area (Å²) in [5, 5.41) is 3.37. The molecule has 0 saturated carbocycles. The smallest absolute Gasteiger partial charge is 0.134 e. The largest absolute Gasteiger partial charge is 0.497 e. The van der Waals surface area contributed by atoms with Gasteiger partial charge in [0.2, 0.25) is 0 Å². The van der Waals surface area contributed by atoms with E-state index in [4.69, 9.17) is 10.3 Å². The van der Waals surface area contributed by atoms with E-state index in [2.05, 4.69) is 10.0 Å². The molecule has 0 spiro atoms. The van der Waals surface area contributed by atoms with Crippen LogP contribution in [0.1, 0.15) is 12.0 Å². The lowest BCUT2D eigenvalue weighted by Gasteiger charge is -2.01. The zero-order valence-electron chi connectivity index (χ0n) is 8.93. The Morgan fingerprint density at radius 1 is 1.56 bits per heavy atom. The predicted octanol–water partition coefficient (Wildman–Crippen LogP) is 3.55. The summed E-state index contributed by atoms with van der Waals surface area (Å²) in [5.74, 6) is 0.156. The second-order valence-electron chi connectivity index (χ2n) is 3.03. The van der Waals surface area contributed by atoms with E-state index < -0.39 is 0 Å². The van der Waals surface area contributed by atoms with E-state index in [0.717, 1.165) is 0 Å². The quantitative estimate of drug-likeness (QED) is 0.324. The molecule has 0 aliphatic heterocycles. The van der Waals surface area contributed by atoms with Crippen molar-refractivity contribution in [3.8, 4) is 5.75 Å². The van der Waals surface area contributed by atoms with Crippen molar-refractivity contribution < 1.29 is 9.13 Å².